The maximum Gasteiger partial charge on any atom is 0.263 e. The third-order valence-electron chi connectivity index (χ3n) is 6.36. The second-order valence-corrected chi connectivity index (χ2v) is 8.73. The lowest BCUT2D eigenvalue weighted by Gasteiger charge is -2.33. The average molecular weight is 473 g/mol. The second-order valence-electron chi connectivity index (χ2n) is 8.73. The van der Waals surface area contributed by atoms with E-state index in [1.165, 1.54) is 0 Å². The Morgan fingerprint density at radius 2 is 2.09 bits per heavy atom. The van der Waals surface area contributed by atoms with Crippen LogP contribution in [0.1, 0.15) is 30.7 Å². The summed E-state index contributed by atoms with van der Waals surface area (Å²) in [5, 5.41) is 29.6. The predicted octanol–water partition coefficient (Wildman–Crippen LogP) is 2.09. The monoisotopic (exact) mass is 472 g/mol. The smallest absolute Gasteiger partial charge is 0.263 e. The van der Waals surface area contributed by atoms with Crippen molar-refractivity contribution in [2.45, 2.75) is 38.0 Å². The molecule has 1 saturated carbocycles. The highest BCUT2D eigenvalue weighted by Crippen LogP contribution is 2.29. The number of ether oxygens (including phenoxy) is 1. The molecule has 178 valence electrons. The Labute approximate surface area is 201 Å². The molecule has 3 aromatic rings. The first-order valence-electron chi connectivity index (χ1n) is 11.4. The number of anilines is 2. The Bertz CT molecular complexity index is 1340. The predicted molar refractivity (Wildman–Crippen MR) is 127 cm³/mol. The zero-order chi connectivity index (χ0) is 24.4. The van der Waals surface area contributed by atoms with E-state index in [2.05, 4.69) is 25.9 Å². The van der Waals surface area contributed by atoms with Gasteiger partial charge in [-0.2, -0.15) is 5.26 Å². The molecular formula is C25H24N6O4. The van der Waals surface area contributed by atoms with Gasteiger partial charge in [-0.15, -0.1) is 0 Å². The van der Waals surface area contributed by atoms with E-state index in [4.69, 9.17) is 10.00 Å². The van der Waals surface area contributed by atoms with Crippen molar-refractivity contribution in [3.8, 4) is 11.8 Å². The molecule has 10 heteroatoms. The number of rotatable bonds is 5. The van der Waals surface area contributed by atoms with Gasteiger partial charge >= 0.3 is 0 Å². The molecule has 10 nitrogen and oxygen atoms in total. The van der Waals surface area contributed by atoms with Gasteiger partial charge < -0.3 is 25.8 Å². The summed E-state index contributed by atoms with van der Waals surface area (Å²) in [5.74, 6) is 0.168. The minimum Gasteiger partial charge on any atom is -0.480 e. The number of nitrogens with zero attached hydrogens (tertiary/aromatic N) is 3. The second kappa shape index (κ2) is 9.66. The summed E-state index contributed by atoms with van der Waals surface area (Å²) in [7, 11) is 0. The SMILES string of the molecule is N#Cc1ccc2cccc(NC(=O)[C@@H]3CC[C@@H](NCc4ccc5c(n4)NC(=O)CO5)[C@H](O)C3)c2n1. The molecule has 1 aromatic carbocycles. The summed E-state index contributed by atoms with van der Waals surface area (Å²) < 4.78 is 5.32. The molecule has 0 radical (unpaired) electrons. The van der Waals surface area contributed by atoms with Crippen LogP contribution in [0.2, 0.25) is 0 Å². The van der Waals surface area contributed by atoms with Gasteiger partial charge in [0.05, 0.1) is 23.0 Å². The summed E-state index contributed by atoms with van der Waals surface area (Å²) in [6.07, 6.45) is 0.864. The Balaban J connectivity index is 1.18. The zero-order valence-electron chi connectivity index (χ0n) is 18.8. The van der Waals surface area contributed by atoms with Crippen molar-refractivity contribution in [3.63, 3.8) is 0 Å². The van der Waals surface area contributed by atoms with E-state index in [1.54, 1.807) is 24.3 Å². The van der Waals surface area contributed by atoms with E-state index in [-0.39, 0.29) is 36.1 Å². The lowest BCUT2D eigenvalue weighted by atomic mass is 9.83. The highest BCUT2D eigenvalue weighted by Gasteiger charge is 2.33. The lowest BCUT2D eigenvalue weighted by molar-refractivity contribution is -0.122. The molecule has 0 saturated heterocycles. The minimum absolute atomic E-state index is 0.0206. The Morgan fingerprint density at radius 1 is 1.20 bits per heavy atom. The van der Waals surface area contributed by atoms with Crippen LogP contribution in [0.5, 0.6) is 5.75 Å². The largest absolute Gasteiger partial charge is 0.480 e. The van der Waals surface area contributed by atoms with E-state index in [9.17, 15) is 14.7 Å². The molecule has 3 atom stereocenters. The molecule has 1 aliphatic heterocycles. The molecule has 5 rings (SSSR count). The number of hydrogen-bond acceptors (Lipinski definition) is 8. The van der Waals surface area contributed by atoms with Crippen LogP contribution in [-0.2, 0) is 16.1 Å². The number of fused-ring (bicyclic) bond motifs is 2. The molecule has 1 aliphatic carbocycles. The first kappa shape index (κ1) is 22.7. The van der Waals surface area contributed by atoms with Crippen molar-refractivity contribution in [1.82, 2.24) is 15.3 Å². The van der Waals surface area contributed by atoms with Gasteiger partial charge in [0.2, 0.25) is 5.91 Å². The number of hydrogen-bond donors (Lipinski definition) is 4. The van der Waals surface area contributed by atoms with Crippen LogP contribution in [0.15, 0.2) is 42.5 Å². The van der Waals surface area contributed by atoms with Crippen LogP contribution >= 0.6 is 0 Å². The van der Waals surface area contributed by atoms with Gasteiger partial charge in [-0.25, -0.2) is 9.97 Å². The van der Waals surface area contributed by atoms with Gasteiger partial charge in [0.1, 0.15) is 11.8 Å². The summed E-state index contributed by atoms with van der Waals surface area (Å²) in [4.78, 5) is 33.2. The van der Waals surface area contributed by atoms with Gasteiger partial charge in [-0.05, 0) is 49.6 Å². The van der Waals surface area contributed by atoms with Crippen molar-refractivity contribution in [3.05, 3.63) is 53.9 Å². The lowest BCUT2D eigenvalue weighted by Crippen LogP contribution is -2.46. The molecule has 1 fully saturated rings. The van der Waals surface area contributed by atoms with Gasteiger partial charge in [0.15, 0.2) is 18.2 Å². The van der Waals surface area contributed by atoms with Crippen LogP contribution in [0.3, 0.4) is 0 Å². The maximum absolute atomic E-state index is 13.0. The Kier molecular flexibility index (Phi) is 6.27. The van der Waals surface area contributed by atoms with E-state index in [0.29, 0.717) is 54.3 Å². The van der Waals surface area contributed by atoms with Crippen LogP contribution in [-0.4, -0.2) is 45.6 Å². The van der Waals surface area contributed by atoms with Crippen LogP contribution in [0, 0.1) is 17.2 Å². The zero-order valence-corrected chi connectivity index (χ0v) is 18.8. The number of benzene rings is 1. The third kappa shape index (κ3) is 4.91. The fourth-order valence-electron chi connectivity index (χ4n) is 4.51. The summed E-state index contributed by atoms with van der Waals surface area (Å²) >= 11 is 0. The fourth-order valence-corrected chi connectivity index (χ4v) is 4.51. The highest BCUT2D eigenvalue weighted by molar-refractivity contribution is 6.01. The van der Waals surface area contributed by atoms with Crippen molar-refractivity contribution in [2.75, 3.05) is 17.2 Å². The number of nitrogens with one attached hydrogen (secondary N) is 3. The molecule has 35 heavy (non-hydrogen) atoms. The molecule has 2 amide bonds. The molecule has 2 aromatic heterocycles. The first-order valence-corrected chi connectivity index (χ1v) is 11.4. The quantitative estimate of drug-likeness (QED) is 0.441. The van der Waals surface area contributed by atoms with Gasteiger partial charge in [0.25, 0.3) is 5.91 Å². The van der Waals surface area contributed by atoms with Gasteiger partial charge in [-0.1, -0.05) is 12.1 Å². The topological polar surface area (TPSA) is 149 Å². The van der Waals surface area contributed by atoms with Crippen LogP contribution in [0.25, 0.3) is 10.9 Å². The molecule has 0 bridgehead atoms. The maximum atomic E-state index is 13.0. The van der Waals surface area contributed by atoms with Crippen LogP contribution < -0.4 is 20.7 Å². The molecule has 0 unspecified atom stereocenters. The summed E-state index contributed by atoms with van der Waals surface area (Å²) in [6, 6.07) is 14.3. The molecular weight excluding hydrogens is 448 g/mol. The fraction of sp³-hybridized carbons (Fsp3) is 0.320. The Morgan fingerprint density at radius 3 is 2.91 bits per heavy atom. The van der Waals surface area contributed by atoms with Crippen molar-refractivity contribution < 1.29 is 19.4 Å². The van der Waals surface area contributed by atoms with E-state index < -0.39 is 6.10 Å². The number of nitriles is 1. The highest BCUT2D eigenvalue weighted by atomic mass is 16.5. The van der Waals surface area contributed by atoms with Crippen molar-refractivity contribution in [1.29, 1.82) is 5.26 Å². The number of aromatic nitrogens is 2. The summed E-state index contributed by atoms with van der Waals surface area (Å²) in [5.41, 5.74) is 2.11. The van der Waals surface area contributed by atoms with E-state index in [0.717, 1.165) is 5.39 Å². The number of para-hydroxylation sites is 1. The van der Waals surface area contributed by atoms with Gasteiger partial charge in [-0.3, -0.25) is 9.59 Å². The van der Waals surface area contributed by atoms with E-state index >= 15 is 0 Å². The number of pyridine rings is 2. The Hall–Kier alpha value is -4.07. The molecule has 4 N–H and O–H groups in total. The molecule has 2 aliphatic rings. The standard InChI is InChI=1S/C25H24N6O4/c26-11-16-6-4-14-2-1-3-19(23(14)28-16)30-25(34)15-5-8-18(20(32)10-15)27-12-17-7-9-21-24(29-17)31-22(33)13-35-21/h1-4,6-7,9,15,18,20,27,32H,5,8,10,12-13H2,(H,30,34)(H,29,31,33)/t15-,18-,20-/m1/s1. The van der Waals surface area contributed by atoms with Crippen molar-refractivity contribution in [2.24, 2.45) is 5.92 Å². The molecule has 3 heterocycles. The van der Waals surface area contributed by atoms with Crippen LogP contribution in [0.4, 0.5) is 11.5 Å². The summed E-state index contributed by atoms with van der Waals surface area (Å²) in [6.45, 7) is 0.387. The van der Waals surface area contributed by atoms with Crippen molar-refractivity contribution >= 4 is 34.2 Å². The normalized spacial score (nSPS) is 21.4. The van der Waals surface area contributed by atoms with Gasteiger partial charge in [0, 0.05) is 23.9 Å². The third-order valence-corrected chi connectivity index (χ3v) is 6.36. The minimum atomic E-state index is -0.698. The number of carbonyl (C=O) groups is 2. The average Bonchev–Trinajstić information content (AvgIpc) is 2.87. The number of aliphatic hydroxyl groups is 1. The first-order chi connectivity index (χ1) is 17.0. The number of aliphatic hydroxyl groups excluding tert-OH is 1. The number of amides is 2. The molecule has 0 spiro atoms. The van der Waals surface area contributed by atoms with E-state index in [1.807, 2.05) is 24.3 Å². The number of carbonyl (C=O) groups excluding carboxylic acids is 2.